The molecule has 0 aliphatic rings. The van der Waals surface area contributed by atoms with Gasteiger partial charge in [-0.3, -0.25) is 9.78 Å². The van der Waals surface area contributed by atoms with E-state index in [1.54, 1.807) is 13.1 Å². The smallest absolute Gasteiger partial charge is 0.311 e. The predicted molar refractivity (Wildman–Crippen MR) is 57.0 cm³/mol. The lowest BCUT2D eigenvalue weighted by Gasteiger charge is -2.05. The molecule has 3 nitrogen and oxygen atoms in total. The molecule has 1 rings (SSSR count). The Morgan fingerprint density at radius 2 is 2.36 bits per heavy atom. The highest BCUT2D eigenvalue weighted by atomic mass is 79.9. The van der Waals surface area contributed by atoms with Gasteiger partial charge in [-0.25, -0.2) is 0 Å². The van der Waals surface area contributed by atoms with Crippen LogP contribution in [-0.4, -0.2) is 17.6 Å². The summed E-state index contributed by atoms with van der Waals surface area (Å²) in [4.78, 5) is 15.3. The quantitative estimate of drug-likeness (QED) is 0.780. The van der Waals surface area contributed by atoms with Gasteiger partial charge in [0.25, 0.3) is 0 Å². The number of aromatic nitrogens is 1. The molecule has 0 aliphatic heterocycles. The highest BCUT2D eigenvalue weighted by Gasteiger charge is 2.09. The molecule has 0 amide bonds. The molecule has 0 bridgehead atoms. The van der Waals surface area contributed by atoms with Crippen molar-refractivity contribution in [1.29, 1.82) is 0 Å². The number of carbonyl (C=O) groups excluding carboxylic acids is 1. The zero-order valence-electron chi connectivity index (χ0n) is 8.21. The van der Waals surface area contributed by atoms with Gasteiger partial charge in [-0.2, -0.15) is 0 Å². The minimum atomic E-state index is -0.244. The van der Waals surface area contributed by atoms with Crippen molar-refractivity contribution >= 4 is 21.9 Å². The highest BCUT2D eigenvalue weighted by Crippen LogP contribution is 2.19. The molecule has 4 heteroatoms. The first-order valence-electron chi connectivity index (χ1n) is 4.40. The molecule has 0 atom stereocenters. The zero-order valence-corrected chi connectivity index (χ0v) is 9.80. The minimum Gasteiger partial charge on any atom is -0.466 e. The van der Waals surface area contributed by atoms with Crippen molar-refractivity contribution in [1.82, 2.24) is 4.98 Å². The van der Waals surface area contributed by atoms with Gasteiger partial charge in [-0.1, -0.05) is 0 Å². The Morgan fingerprint density at radius 3 is 3.00 bits per heavy atom. The molecular formula is C10H12BrNO2. The highest BCUT2D eigenvalue weighted by molar-refractivity contribution is 9.10. The number of hydrogen-bond donors (Lipinski definition) is 0. The molecule has 0 saturated heterocycles. The molecule has 0 aliphatic carbocycles. The lowest BCUT2D eigenvalue weighted by molar-refractivity contribution is -0.142. The molecule has 1 aromatic rings. The summed E-state index contributed by atoms with van der Waals surface area (Å²) in [5.74, 6) is -0.244. The van der Waals surface area contributed by atoms with E-state index in [-0.39, 0.29) is 12.4 Å². The van der Waals surface area contributed by atoms with Crippen LogP contribution in [0.5, 0.6) is 0 Å². The first-order chi connectivity index (χ1) is 6.65. The lowest BCUT2D eigenvalue weighted by Crippen LogP contribution is -2.09. The summed E-state index contributed by atoms with van der Waals surface area (Å²) in [5.41, 5.74) is 1.79. The van der Waals surface area contributed by atoms with Gasteiger partial charge in [-0.15, -0.1) is 0 Å². The number of hydrogen-bond acceptors (Lipinski definition) is 3. The van der Waals surface area contributed by atoms with Gasteiger partial charge < -0.3 is 4.74 Å². The molecule has 14 heavy (non-hydrogen) atoms. The van der Waals surface area contributed by atoms with E-state index in [2.05, 4.69) is 20.9 Å². The summed E-state index contributed by atoms with van der Waals surface area (Å²) < 4.78 is 5.72. The van der Waals surface area contributed by atoms with Crippen molar-refractivity contribution in [2.75, 3.05) is 6.61 Å². The van der Waals surface area contributed by atoms with Crippen molar-refractivity contribution in [2.24, 2.45) is 0 Å². The van der Waals surface area contributed by atoms with Gasteiger partial charge in [0.15, 0.2) is 0 Å². The third-order valence-corrected chi connectivity index (χ3v) is 2.85. The fourth-order valence-corrected chi connectivity index (χ4v) is 1.44. The van der Waals surface area contributed by atoms with Crippen LogP contribution in [0, 0.1) is 6.92 Å². The Labute approximate surface area is 91.6 Å². The summed E-state index contributed by atoms with van der Waals surface area (Å²) in [6, 6.07) is 1.89. The number of nitrogens with zero attached hydrogens (tertiary/aromatic N) is 1. The van der Waals surface area contributed by atoms with Gasteiger partial charge in [0.1, 0.15) is 0 Å². The van der Waals surface area contributed by atoms with Crippen LogP contribution < -0.4 is 0 Å². The van der Waals surface area contributed by atoms with Crippen LogP contribution in [0.4, 0.5) is 0 Å². The third-order valence-electron chi connectivity index (χ3n) is 1.77. The summed E-state index contributed by atoms with van der Waals surface area (Å²) in [5, 5.41) is 0. The van der Waals surface area contributed by atoms with Gasteiger partial charge in [0, 0.05) is 10.7 Å². The maximum Gasteiger partial charge on any atom is 0.311 e. The van der Waals surface area contributed by atoms with Crippen molar-refractivity contribution in [3.05, 3.63) is 28.0 Å². The number of ether oxygens (including phenoxy) is 1. The molecule has 0 saturated carbocycles. The Balaban J connectivity index is 2.76. The Bertz CT molecular complexity index is 339. The first-order valence-corrected chi connectivity index (χ1v) is 5.20. The van der Waals surface area contributed by atoms with E-state index in [1.807, 2.05) is 13.0 Å². The SMILES string of the molecule is CCOC(=O)Cc1nccc(C)c1Br. The summed E-state index contributed by atoms with van der Waals surface area (Å²) in [6.07, 6.45) is 1.91. The third kappa shape index (κ3) is 2.80. The van der Waals surface area contributed by atoms with Crippen molar-refractivity contribution in [2.45, 2.75) is 20.3 Å². The Kier molecular flexibility index (Phi) is 4.07. The largest absolute Gasteiger partial charge is 0.466 e. The Hall–Kier alpha value is -0.900. The molecule has 0 spiro atoms. The molecular weight excluding hydrogens is 246 g/mol. The van der Waals surface area contributed by atoms with Gasteiger partial charge >= 0.3 is 5.97 Å². The van der Waals surface area contributed by atoms with Gasteiger partial charge in [0.05, 0.1) is 18.7 Å². The molecule has 0 unspecified atom stereocenters. The zero-order chi connectivity index (χ0) is 10.6. The van der Waals surface area contributed by atoms with Gasteiger partial charge in [-0.05, 0) is 41.4 Å². The molecule has 0 N–H and O–H groups in total. The summed E-state index contributed by atoms with van der Waals surface area (Å²) >= 11 is 3.39. The van der Waals surface area contributed by atoms with Crippen molar-refractivity contribution in [3.8, 4) is 0 Å². The average Bonchev–Trinajstić information content (AvgIpc) is 2.13. The van der Waals surface area contributed by atoms with Gasteiger partial charge in [0.2, 0.25) is 0 Å². The second-order valence-corrected chi connectivity index (χ2v) is 3.66. The molecule has 0 radical (unpaired) electrons. The maximum absolute atomic E-state index is 11.2. The van der Waals surface area contributed by atoms with Crippen LogP contribution in [0.15, 0.2) is 16.7 Å². The van der Waals surface area contributed by atoms with E-state index in [4.69, 9.17) is 4.74 Å². The predicted octanol–water partition coefficient (Wildman–Crippen LogP) is 2.26. The van der Waals surface area contributed by atoms with Crippen LogP contribution in [-0.2, 0) is 16.0 Å². The first kappa shape index (κ1) is 11.2. The van der Waals surface area contributed by atoms with Crippen molar-refractivity contribution in [3.63, 3.8) is 0 Å². The fraction of sp³-hybridized carbons (Fsp3) is 0.400. The second kappa shape index (κ2) is 5.10. The van der Waals surface area contributed by atoms with Crippen LogP contribution in [0.2, 0.25) is 0 Å². The number of rotatable bonds is 3. The van der Waals surface area contributed by atoms with Crippen LogP contribution in [0.25, 0.3) is 0 Å². The lowest BCUT2D eigenvalue weighted by atomic mass is 10.2. The normalized spacial score (nSPS) is 9.93. The van der Waals surface area contributed by atoms with E-state index in [0.717, 1.165) is 15.7 Å². The topological polar surface area (TPSA) is 39.2 Å². The maximum atomic E-state index is 11.2. The summed E-state index contributed by atoms with van der Waals surface area (Å²) in [6.45, 7) is 4.15. The minimum absolute atomic E-state index is 0.218. The van der Waals surface area contributed by atoms with Crippen molar-refractivity contribution < 1.29 is 9.53 Å². The van der Waals surface area contributed by atoms with E-state index in [0.29, 0.717) is 6.61 Å². The van der Waals surface area contributed by atoms with Crippen LogP contribution in [0.1, 0.15) is 18.2 Å². The standard InChI is InChI=1S/C10H12BrNO2/c1-3-14-9(13)6-8-10(11)7(2)4-5-12-8/h4-5H,3,6H2,1-2H3. The Morgan fingerprint density at radius 1 is 1.64 bits per heavy atom. The average molecular weight is 258 g/mol. The molecule has 1 heterocycles. The molecule has 76 valence electrons. The number of halogens is 1. The summed E-state index contributed by atoms with van der Waals surface area (Å²) in [7, 11) is 0. The molecule has 1 aromatic heterocycles. The number of carbonyl (C=O) groups is 1. The van der Waals surface area contributed by atoms with E-state index in [1.165, 1.54) is 0 Å². The number of pyridine rings is 1. The van der Waals surface area contributed by atoms with E-state index < -0.39 is 0 Å². The number of aryl methyl sites for hydroxylation is 1. The van der Waals surface area contributed by atoms with E-state index >= 15 is 0 Å². The van der Waals surface area contributed by atoms with Crippen LogP contribution in [0.3, 0.4) is 0 Å². The van der Waals surface area contributed by atoms with E-state index in [9.17, 15) is 4.79 Å². The van der Waals surface area contributed by atoms with Crippen LogP contribution >= 0.6 is 15.9 Å². The number of esters is 1. The monoisotopic (exact) mass is 257 g/mol. The molecule has 0 aromatic carbocycles. The fourth-order valence-electron chi connectivity index (χ4n) is 1.07. The second-order valence-electron chi connectivity index (χ2n) is 2.87. The molecule has 0 fully saturated rings.